The normalized spacial score (nSPS) is 10.6. The van der Waals surface area contributed by atoms with Gasteiger partial charge in [-0.05, 0) is 32.9 Å². The fourth-order valence-corrected chi connectivity index (χ4v) is 3.01. The lowest BCUT2D eigenvalue weighted by molar-refractivity contribution is -0.119. The molecule has 0 saturated carbocycles. The number of rotatable bonds is 7. The van der Waals surface area contributed by atoms with Gasteiger partial charge in [-0.3, -0.25) is 14.9 Å². The van der Waals surface area contributed by atoms with Crippen molar-refractivity contribution in [3.8, 4) is 0 Å². The highest BCUT2D eigenvalue weighted by molar-refractivity contribution is 6.11. The average Bonchev–Trinajstić information content (AvgIpc) is 3.27. The van der Waals surface area contributed by atoms with Gasteiger partial charge in [-0.1, -0.05) is 18.2 Å². The molecule has 0 saturated heterocycles. The summed E-state index contributed by atoms with van der Waals surface area (Å²) in [6, 6.07) is 8.91. The largest absolute Gasteiger partial charge is 0.462 e. The predicted molar refractivity (Wildman–Crippen MR) is 107 cm³/mol. The molecule has 3 aromatic rings. The number of para-hydroxylation sites is 1. The van der Waals surface area contributed by atoms with Crippen LogP contribution >= 0.6 is 0 Å². The first-order chi connectivity index (χ1) is 14.3. The molecule has 0 atom stereocenters. The Labute approximate surface area is 171 Å². The fraction of sp³-hybridized carbons (Fsp3) is 0.238. The summed E-state index contributed by atoms with van der Waals surface area (Å²) in [5.74, 6) is -2.74. The topological polar surface area (TPSA) is 128 Å². The van der Waals surface area contributed by atoms with Crippen molar-refractivity contribution in [3.05, 3.63) is 52.9 Å². The monoisotopic (exact) mass is 412 g/mol. The first-order valence-corrected chi connectivity index (χ1v) is 9.18. The van der Waals surface area contributed by atoms with Crippen molar-refractivity contribution in [3.63, 3.8) is 0 Å². The van der Waals surface area contributed by atoms with Crippen molar-refractivity contribution in [2.45, 2.75) is 20.8 Å². The molecule has 0 fully saturated rings. The van der Waals surface area contributed by atoms with Crippen LogP contribution in [0.15, 0.2) is 34.7 Å². The first-order valence-electron chi connectivity index (χ1n) is 9.18. The molecule has 9 nitrogen and oxygen atoms in total. The number of aryl methyl sites for hydroxylation is 1. The summed E-state index contributed by atoms with van der Waals surface area (Å²) in [6.45, 7) is 3.83. The molecule has 156 valence electrons. The minimum Gasteiger partial charge on any atom is -0.462 e. The number of fused-ring (bicyclic) bond motifs is 1. The number of Topliss-reactive ketones (excluding diaryl/α,β-unsaturated/α-hetero) is 1. The van der Waals surface area contributed by atoms with Crippen LogP contribution in [-0.2, 0) is 14.3 Å². The number of furan rings is 1. The molecule has 2 heterocycles. The summed E-state index contributed by atoms with van der Waals surface area (Å²) >= 11 is 0. The number of H-pyrrole nitrogens is 1. The summed E-state index contributed by atoms with van der Waals surface area (Å²) < 4.78 is 15.3. The van der Waals surface area contributed by atoms with Gasteiger partial charge in [0.05, 0.1) is 12.2 Å². The summed E-state index contributed by atoms with van der Waals surface area (Å²) in [5.41, 5.74) is 0.815. The zero-order valence-electron chi connectivity index (χ0n) is 16.7. The van der Waals surface area contributed by atoms with Gasteiger partial charge in [0.2, 0.25) is 5.88 Å². The molecule has 0 spiro atoms. The van der Waals surface area contributed by atoms with Gasteiger partial charge in [0.1, 0.15) is 17.0 Å². The molecule has 0 unspecified atom stereocenters. The van der Waals surface area contributed by atoms with E-state index in [4.69, 9.17) is 13.9 Å². The van der Waals surface area contributed by atoms with Gasteiger partial charge >= 0.3 is 11.9 Å². The molecule has 0 bridgehead atoms. The number of ketones is 1. The van der Waals surface area contributed by atoms with Gasteiger partial charge in [0, 0.05) is 10.9 Å². The van der Waals surface area contributed by atoms with Crippen LogP contribution in [0.2, 0.25) is 0 Å². The number of aromatic nitrogens is 1. The van der Waals surface area contributed by atoms with Crippen molar-refractivity contribution < 1.29 is 33.1 Å². The number of carbonyl (C=O) groups excluding carboxylic acids is 4. The summed E-state index contributed by atoms with van der Waals surface area (Å²) in [4.78, 5) is 51.5. The van der Waals surface area contributed by atoms with Crippen molar-refractivity contribution in [1.29, 1.82) is 0 Å². The third-order valence-corrected chi connectivity index (χ3v) is 4.25. The Morgan fingerprint density at radius 3 is 2.47 bits per heavy atom. The van der Waals surface area contributed by atoms with E-state index in [1.54, 1.807) is 13.0 Å². The van der Waals surface area contributed by atoms with E-state index in [1.807, 2.05) is 24.3 Å². The Bertz CT molecular complexity index is 1110. The molecule has 0 aliphatic heterocycles. The lowest BCUT2D eigenvalue weighted by Gasteiger charge is -2.06. The van der Waals surface area contributed by atoms with Crippen LogP contribution in [0, 0.1) is 6.92 Å². The Morgan fingerprint density at radius 2 is 1.80 bits per heavy atom. The molecule has 0 radical (unpaired) electrons. The molecule has 3 rings (SSSR count). The minimum absolute atomic E-state index is 0.0267. The summed E-state index contributed by atoms with van der Waals surface area (Å²) in [6.07, 6.45) is 0. The fourth-order valence-electron chi connectivity index (χ4n) is 3.01. The Balaban J connectivity index is 1.71. The van der Waals surface area contributed by atoms with Crippen LogP contribution in [0.4, 0.5) is 5.88 Å². The predicted octanol–water partition coefficient (Wildman–Crippen LogP) is 3.24. The Morgan fingerprint density at radius 1 is 1.07 bits per heavy atom. The van der Waals surface area contributed by atoms with E-state index < -0.39 is 30.2 Å². The minimum atomic E-state index is -0.801. The zero-order chi connectivity index (χ0) is 21.8. The smallest absolute Gasteiger partial charge is 0.355 e. The Hall–Kier alpha value is -3.88. The van der Waals surface area contributed by atoms with Crippen LogP contribution in [0.5, 0.6) is 0 Å². The van der Waals surface area contributed by atoms with E-state index in [0.717, 1.165) is 10.9 Å². The molecule has 9 heteroatoms. The van der Waals surface area contributed by atoms with Crippen LogP contribution < -0.4 is 5.32 Å². The van der Waals surface area contributed by atoms with Gasteiger partial charge in [-0.25, -0.2) is 9.59 Å². The highest BCUT2D eigenvalue weighted by Gasteiger charge is 2.29. The molecule has 1 aromatic carbocycles. The van der Waals surface area contributed by atoms with Crippen molar-refractivity contribution in [2.24, 2.45) is 0 Å². The lowest BCUT2D eigenvalue weighted by Crippen LogP contribution is -2.22. The standard InChI is InChI=1S/C21H20N2O7/c1-4-28-21(27)18-17(11(2)24)12(3)30-19(18)23-16(25)10-29-20(26)15-9-13-7-5-6-8-14(13)22-15/h5-9,22H,4,10H2,1-3H3,(H,23,25). The number of benzene rings is 1. The average molecular weight is 412 g/mol. The number of esters is 2. The maximum absolute atomic E-state index is 12.2. The second kappa shape index (κ2) is 8.64. The lowest BCUT2D eigenvalue weighted by atomic mass is 10.1. The second-order valence-corrected chi connectivity index (χ2v) is 6.41. The van der Waals surface area contributed by atoms with Gasteiger partial charge < -0.3 is 18.9 Å². The maximum atomic E-state index is 12.2. The van der Waals surface area contributed by atoms with Crippen molar-refractivity contribution >= 4 is 40.4 Å². The highest BCUT2D eigenvalue weighted by Crippen LogP contribution is 2.28. The molecule has 2 N–H and O–H groups in total. The second-order valence-electron chi connectivity index (χ2n) is 6.41. The van der Waals surface area contributed by atoms with Crippen LogP contribution in [0.3, 0.4) is 0 Å². The van der Waals surface area contributed by atoms with Crippen LogP contribution in [0.25, 0.3) is 10.9 Å². The van der Waals surface area contributed by atoms with Crippen LogP contribution in [0.1, 0.15) is 50.8 Å². The number of hydrogen-bond donors (Lipinski definition) is 2. The molecule has 1 amide bonds. The Kier molecular flexibility index (Phi) is 6.01. The highest BCUT2D eigenvalue weighted by atomic mass is 16.5. The van der Waals surface area contributed by atoms with E-state index in [1.165, 1.54) is 13.8 Å². The number of amides is 1. The van der Waals surface area contributed by atoms with E-state index in [2.05, 4.69) is 10.3 Å². The molecular formula is C21H20N2O7. The van der Waals surface area contributed by atoms with Gasteiger partial charge in [0.15, 0.2) is 12.4 Å². The number of nitrogens with one attached hydrogen (secondary N) is 2. The number of hydrogen-bond acceptors (Lipinski definition) is 7. The first kappa shape index (κ1) is 20.8. The molecular weight excluding hydrogens is 392 g/mol. The quantitative estimate of drug-likeness (QED) is 0.450. The van der Waals surface area contributed by atoms with E-state index in [0.29, 0.717) is 0 Å². The maximum Gasteiger partial charge on any atom is 0.355 e. The molecule has 30 heavy (non-hydrogen) atoms. The van der Waals surface area contributed by atoms with Crippen molar-refractivity contribution in [2.75, 3.05) is 18.5 Å². The molecule has 0 aliphatic carbocycles. The molecule has 0 aliphatic rings. The third kappa shape index (κ3) is 4.24. The number of ether oxygens (including phenoxy) is 2. The van der Waals surface area contributed by atoms with Gasteiger partial charge in [-0.15, -0.1) is 0 Å². The zero-order valence-corrected chi connectivity index (χ0v) is 16.7. The van der Waals surface area contributed by atoms with E-state index >= 15 is 0 Å². The number of aromatic amines is 1. The summed E-state index contributed by atoms with van der Waals surface area (Å²) in [7, 11) is 0. The number of anilines is 1. The molecule has 2 aromatic heterocycles. The van der Waals surface area contributed by atoms with E-state index in [-0.39, 0.29) is 35.1 Å². The number of carbonyl (C=O) groups is 4. The van der Waals surface area contributed by atoms with E-state index in [9.17, 15) is 19.2 Å². The van der Waals surface area contributed by atoms with Gasteiger partial charge in [-0.2, -0.15) is 0 Å². The third-order valence-electron chi connectivity index (χ3n) is 4.25. The summed E-state index contributed by atoms with van der Waals surface area (Å²) in [5, 5.41) is 3.18. The van der Waals surface area contributed by atoms with Crippen LogP contribution in [-0.4, -0.2) is 41.8 Å². The SMILES string of the molecule is CCOC(=O)c1c(NC(=O)COC(=O)c2cc3ccccc3[nH]2)oc(C)c1C(C)=O. The van der Waals surface area contributed by atoms with Gasteiger partial charge in [0.25, 0.3) is 5.91 Å². The van der Waals surface area contributed by atoms with Crippen molar-refractivity contribution in [1.82, 2.24) is 4.98 Å².